The first-order valence-electron chi connectivity index (χ1n) is 6.44. The van der Waals surface area contributed by atoms with Gasteiger partial charge in [0.15, 0.2) is 0 Å². The van der Waals surface area contributed by atoms with E-state index >= 15 is 0 Å². The first kappa shape index (κ1) is 13.3. The molecule has 1 unspecified atom stereocenters. The van der Waals surface area contributed by atoms with E-state index in [0.717, 1.165) is 17.5 Å². The maximum atomic E-state index is 11.6. The smallest absolute Gasteiger partial charge is 0.132 e. The fraction of sp³-hybridized carbons (Fsp3) is 0.235. The number of carbonyl (C=O) groups excluding carboxylic acids is 1. The van der Waals surface area contributed by atoms with E-state index in [4.69, 9.17) is 0 Å². The van der Waals surface area contributed by atoms with E-state index < -0.39 is 5.41 Å². The van der Waals surface area contributed by atoms with Gasteiger partial charge in [-0.3, -0.25) is 0 Å². The molecule has 2 nitrogen and oxygen atoms in total. The summed E-state index contributed by atoms with van der Waals surface area (Å²) in [6, 6.07) is 20.0. The lowest BCUT2D eigenvalue weighted by molar-refractivity contribution is -0.111. The molecule has 2 heteroatoms. The first-order valence-corrected chi connectivity index (χ1v) is 6.44. The van der Waals surface area contributed by atoms with Crippen LogP contribution in [0.15, 0.2) is 60.7 Å². The number of benzene rings is 2. The second-order valence-corrected chi connectivity index (χ2v) is 5.09. The standard InChI is InChI=1S/C17H19NO/c1-17(14-19,15-9-5-3-6-10-15)13-18(2)16-11-7-4-8-12-16/h3-12,14H,13H2,1-2H3. The summed E-state index contributed by atoms with van der Waals surface area (Å²) in [5.74, 6) is 0. The Morgan fingerprint density at radius 3 is 2.05 bits per heavy atom. The van der Waals surface area contributed by atoms with Crippen LogP contribution in [-0.2, 0) is 10.2 Å². The van der Waals surface area contributed by atoms with Gasteiger partial charge in [-0.2, -0.15) is 0 Å². The Labute approximate surface area is 114 Å². The van der Waals surface area contributed by atoms with Crippen molar-refractivity contribution in [3.8, 4) is 0 Å². The molecule has 0 radical (unpaired) electrons. The van der Waals surface area contributed by atoms with Crippen LogP contribution in [0.1, 0.15) is 12.5 Å². The van der Waals surface area contributed by atoms with Gasteiger partial charge >= 0.3 is 0 Å². The Morgan fingerprint density at radius 2 is 1.53 bits per heavy atom. The average Bonchev–Trinajstić information content (AvgIpc) is 2.49. The third-order valence-electron chi connectivity index (χ3n) is 3.46. The summed E-state index contributed by atoms with van der Waals surface area (Å²) >= 11 is 0. The van der Waals surface area contributed by atoms with Crippen LogP contribution in [0.2, 0.25) is 0 Å². The highest BCUT2D eigenvalue weighted by Gasteiger charge is 2.27. The van der Waals surface area contributed by atoms with Gasteiger partial charge in [0, 0.05) is 19.3 Å². The summed E-state index contributed by atoms with van der Waals surface area (Å²) in [5, 5.41) is 0. The Balaban J connectivity index is 2.22. The van der Waals surface area contributed by atoms with Crippen LogP contribution in [0.5, 0.6) is 0 Å². The van der Waals surface area contributed by atoms with Crippen LogP contribution >= 0.6 is 0 Å². The van der Waals surface area contributed by atoms with Crippen LogP contribution in [0.25, 0.3) is 0 Å². The molecule has 0 aromatic heterocycles. The Kier molecular flexibility index (Phi) is 4.00. The van der Waals surface area contributed by atoms with E-state index in [1.807, 2.05) is 62.5 Å². The topological polar surface area (TPSA) is 20.3 Å². The lowest BCUT2D eigenvalue weighted by Crippen LogP contribution is -2.38. The molecule has 0 bridgehead atoms. The highest BCUT2D eigenvalue weighted by molar-refractivity contribution is 5.69. The van der Waals surface area contributed by atoms with Crippen LogP contribution in [-0.4, -0.2) is 19.9 Å². The van der Waals surface area contributed by atoms with Gasteiger partial charge in [-0.05, 0) is 24.6 Å². The van der Waals surface area contributed by atoms with Crippen LogP contribution in [0.4, 0.5) is 5.69 Å². The van der Waals surface area contributed by atoms with E-state index in [-0.39, 0.29) is 0 Å². The largest absolute Gasteiger partial charge is 0.373 e. The number of likely N-dealkylation sites (N-methyl/N-ethyl adjacent to an activating group) is 1. The Morgan fingerprint density at radius 1 is 1.00 bits per heavy atom. The summed E-state index contributed by atoms with van der Waals surface area (Å²) < 4.78 is 0. The predicted molar refractivity (Wildman–Crippen MR) is 79.6 cm³/mol. The van der Waals surface area contributed by atoms with E-state index in [2.05, 4.69) is 17.0 Å². The maximum Gasteiger partial charge on any atom is 0.132 e. The second-order valence-electron chi connectivity index (χ2n) is 5.09. The van der Waals surface area contributed by atoms with Crippen LogP contribution in [0.3, 0.4) is 0 Å². The van der Waals surface area contributed by atoms with Crippen molar-refractivity contribution < 1.29 is 4.79 Å². The van der Waals surface area contributed by atoms with Crippen molar-refractivity contribution in [1.82, 2.24) is 0 Å². The summed E-state index contributed by atoms with van der Waals surface area (Å²) in [5.41, 5.74) is 1.67. The molecule has 19 heavy (non-hydrogen) atoms. The molecule has 2 rings (SSSR count). The molecule has 0 N–H and O–H groups in total. The van der Waals surface area contributed by atoms with Gasteiger partial charge in [-0.25, -0.2) is 0 Å². The molecule has 0 aliphatic carbocycles. The van der Waals surface area contributed by atoms with Crippen LogP contribution in [0, 0.1) is 0 Å². The van der Waals surface area contributed by atoms with Crippen molar-refractivity contribution in [1.29, 1.82) is 0 Å². The SMILES string of the molecule is CN(CC(C)(C=O)c1ccccc1)c1ccccc1. The minimum Gasteiger partial charge on any atom is -0.373 e. The summed E-state index contributed by atoms with van der Waals surface area (Å²) in [4.78, 5) is 13.7. The zero-order chi connectivity index (χ0) is 13.7. The van der Waals surface area contributed by atoms with Crippen molar-refractivity contribution in [2.75, 3.05) is 18.5 Å². The molecule has 0 saturated heterocycles. The monoisotopic (exact) mass is 253 g/mol. The van der Waals surface area contributed by atoms with Gasteiger partial charge in [0.1, 0.15) is 6.29 Å². The van der Waals surface area contributed by atoms with Gasteiger partial charge in [-0.1, -0.05) is 48.5 Å². The van der Waals surface area contributed by atoms with Gasteiger partial charge in [0.05, 0.1) is 5.41 Å². The molecule has 0 spiro atoms. The predicted octanol–water partition coefficient (Wildman–Crippen LogP) is 3.28. The number of carbonyl (C=O) groups is 1. The molecule has 0 saturated carbocycles. The van der Waals surface area contributed by atoms with Gasteiger partial charge in [0.2, 0.25) is 0 Å². The van der Waals surface area contributed by atoms with Crippen LogP contribution < -0.4 is 4.90 Å². The molecule has 0 amide bonds. The highest BCUT2D eigenvalue weighted by atomic mass is 16.1. The third kappa shape index (κ3) is 3.02. The van der Waals surface area contributed by atoms with Crippen molar-refractivity contribution in [3.05, 3.63) is 66.2 Å². The molecule has 1 atom stereocenters. The summed E-state index contributed by atoms with van der Waals surface area (Å²) in [6.45, 7) is 2.64. The maximum absolute atomic E-state index is 11.6. The quantitative estimate of drug-likeness (QED) is 0.762. The van der Waals surface area contributed by atoms with Crippen molar-refractivity contribution >= 4 is 12.0 Å². The van der Waals surface area contributed by atoms with E-state index in [0.29, 0.717) is 6.54 Å². The fourth-order valence-electron chi connectivity index (χ4n) is 2.28. The molecule has 0 aliphatic heterocycles. The number of nitrogens with zero attached hydrogens (tertiary/aromatic N) is 1. The minimum atomic E-state index is -0.494. The van der Waals surface area contributed by atoms with Crippen molar-refractivity contribution in [2.45, 2.75) is 12.3 Å². The molecule has 2 aromatic rings. The number of rotatable bonds is 5. The molecular weight excluding hydrogens is 234 g/mol. The van der Waals surface area contributed by atoms with Crippen molar-refractivity contribution in [2.24, 2.45) is 0 Å². The number of aldehydes is 1. The number of para-hydroxylation sites is 1. The van der Waals surface area contributed by atoms with E-state index in [1.165, 1.54) is 0 Å². The normalized spacial score (nSPS) is 13.6. The lowest BCUT2D eigenvalue weighted by Gasteiger charge is -2.30. The molecule has 0 fully saturated rings. The van der Waals surface area contributed by atoms with Crippen molar-refractivity contribution in [3.63, 3.8) is 0 Å². The zero-order valence-electron chi connectivity index (χ0n) is 11.4. The second kappa shape index (κ2) is 5.70. The molecule has 0 heterocycles. The third-order valence-corrected chi connectivity index (χ3v) is 3.46. The van der Waals surface area contributed by atoms with Gasteiger partial charge in [0.25, 0.3) is 0 Å². The minimum absolute atomic E-state index is 0.494. The Bertz CT molecular complexity index is 523. The molecule has 98 valence electrons. The summed E-state index contributed by atoms with van der Waals surface area (Å²) in [7, 11) is 2.01. The fourth-order valence-corrected chi connectivity index (χ4v) is 2.28. The molecule has 2 aromatic carbocycles. The number of hydrogen-bond acceptors (Lipinski definition) is 2. The lowest BCUT2D eigenvalue weighted by atomic mass is 9.83. The van der Waals surface area contributed by atoms with Gasteiger partial charge in [-0.15, -0.1) is 0 Å². The Hall–Kier alpha value is -2.09. The molecule has 0 aliphatic rings. The average molecular weight is 253 g/mol. The van der Waals surface area contributed by atoms with Gasteiger partial charge < -0.3 is 9.69 Å². The van der Waals surface area contributed by atoms with E-state index in [1.54, 1.807) is 0 Å². The molecular formula is C17H19NO. The van der Waals surface area contributed by atoms with E-state index in [9.17, 15) is 4.79 Å². The number of hydrogen-bond donors (Lipinski definition) is 0. The summed E-state index contributed by atoms with van der Waals surface area (Å²) in [6.07, 6.45) is 1.04. The number of anilines is 1. The highest BCUT2D eigenvalue weighted by Crippen LogP contribution is 2.24. The zero-order valence-corrected chi connectivity index (χ0v) is 11.4. The first-order chi connectivity index (χ1) is 9.15.